The van der Waals surface area contributed by atoms with E-state index in [1.54, 1.807) is 7.11 Å². The third kappa shape index (κ3) is 4.34. The van der Waals surface area contributed by atoms with Gasteiger partial charge < -0.3 is 20.1 Å². The van der Waals surface area contributed by atoms with Crippen LogP contribution >= 0.6 is 0 Å². The second-order valence-corrected chi connectivity index (χ2v) is 7.30. The number of nitrogens with two attached hydrogens (primary N) is 1. The number of hydrogen-bond acceptors (Lipinski definition) is 2. The van der Waals surface area contributed by atoms with Crippen molar-refractivity contribution in [3.05, 3.63) is 102 Å². The zero-order valence-corrected chi connectivity index (χ0v) is 16.6. The van der Waals surface area contributed by atoms with Crippen molar-refractivity contribution in [2.75, 3.05) is 20.2 Å². The molecule has 0 aliphatic carbocycles. The number of aliphatic hydroxyl groups is 1. The molecule has 4 heteroatoms. The number of aromatic nitrogens is 1. The van der Waals surface area contributed by atoms with Crippen LogP contribution in [-0.2, 0) is 0 Å². The number of nitrogens with one attached hydrogen (secondary N) is 1. The molecular weight excluding hydrogens is 360 g/mol. The first-order valence-electron chi connectivity index (χ1n) is 10.0. The molecule has 4 nitrogen and oxygen atoms in total. The molecule has 0 unspecified atom stereocenters. The predicted molar refractivity (Wildman–Crippen MR) is 116 cm³/mol. The van der Waals surface area contributed by atoms with E-state index in [0.29, 0.717) is 6.54 Å². The van der Waals surface area contributed by atoms with E-state index in [1.807, 2.05) is 48.5 Å². The second-order valence-electron chi connectivity index (χ2n) is 7.30. The lowest BCUT2D eigenvalue weighted by Gasteiger charge is -2.18. The Hall–Kier alpha value is -3.08. The van der Waals surface area contributed by atoms with Crippen LogP contribution in [0.4, 0.5) is 0 Å². The van der Waals surface area contributed by atoms with Gasteiger partial charge in [-0.25, -0.2) is 0 Å². The quantitative estimate of drug-likeness (QED) is 0.433. The Bertz CT molecular complexity index is 1040. The number of para-hydroxylation sites is 1. The van der Waals surface area contributed by atoms with Gasteiger partial charge in [-0.3, -0.25) is 0 Å². The smallest absolute Gasteiger partial charge is 0.128 e. The highest BCUT2D eigenvalue weighted by Crippen LogP contribution is 2.30. The summed E-state index contributed by atoms with van der Waals surface area (Å²) in [5.74, 6) is 1.06. The van der Waals surface area contributed by atoms with E-state index in [2.05, 4.69) is 46.8 Å². The van der Waals surface area contributed by atoms with Crippen LogP contribution in [0, 0.1) is 0 Å². The van der Waals surface area contributed by atoms with Crippen LogP contribution in [0.1, 0.15) is 28.7 Å². The maximum Gasteiger partial charge on any atom is 0.128 e. The van der Waals surface area contributed by atoms with Crippen LogP contribution < -0.4 is 10.1 Å². The molecule has 0 aliphatic heterocycles. The minimum Gasteiger partial charge on any atom is -0.497 e. The maximum absolute atomic E-state index is 10.5. The van der Waals surface area contributed by atoms with Gasteiger partial charge in [0.25, 0.3) is 0 Å². The van der Waals surface area contributed by atoms with Crippen LogP contribution in [0.3, 0.4) is 0 Å². The fraction of sp³-hybridized carbons (Fsp3) is 0.200. The number of rotatable bonds is 8. The summed E-state index contributed by atoms with van der Waals surface area (Å²) < 4.78 is 5.32. The highest BCUT2D eigenvalue weighted by Gasteiger charge is 2.21. The fourth-order valence-corrected chi connectivity index (χ4v) is 3.89. The largest absolute Gasteiger partial charge is 0.497 e. The highest BCUT2D eigenvalue weighted by atomic mass is 16.5. The van der Waals surface area contributed by atoms with Gasteiger partial charge >= 0.3 is 0 Å². The average molecular weight is 388 g/mol. The number of methoxy groups -OCH3 is 1. The zero-order chi connectivity index (χ0) is 20.1. The summed E-state index contributed by atoms with van der Waals surface area (Å²) in [6.45, 7) is 1.47. The molecule has 0 saturated carbocycles. The van der Waals surface area contributed by atoms with Gasteiger partial charge in [-0.05, 0) is 34.9 Å². The first-order valence-corrected chi connectivity index (χ1v) is 10.0. The van der Waals surface area contributed by atoms with E-state index >= 15 is 0 Å². The van der Waals surface area contributed by atoms with Crippen molar-refractivity contribution in [1.82, 2.24) is 4.98 Å². The normalized spacial score (nSPS) is 13.3. The van der Waals surface area contributed by atoms with Crippen LogP contribution in [0.15, 0.2) is 85.1 Å². The third-order valence-electron chi connectivity index (χ3n) is 5.49. The zero-order valence-electron chi connectivity index (χ0n) is 16.6. The second kappa shape index (κ2) is 8.95. The van der Waals surface area contributed by atoms with E-state index in [1.165, 1.54) is 16.5 Å². The third-order valence-corrected chi connectivity index (χ3v) is 5.49. The van der Waals surface area contributed by atoms with Crippen molar-refractivity contribution >= 4 is 10.9 Å². The Kier molecular flexibility index (Phi) is 5.94. The van der Waals surface area contributed by atoms with Crippen molar-refractivity contribution in [3.8, 4) is 5.75 Å². The summed E-state index contributed by atoms with van der Waals surface area (Å²) in [6.07, 6.45) is 1.64. The summed E-state index contributed by atoms with van der Waals surface area (Å²) in [5, 5.41) is 14.0. The predicted octanol–water partition coefficient (Wildman–Crippen LogP) is 3.61. The lowest BCUT2D eigenvalue weighted by Crippen LogP contribution is -2.86. The first-order chi connectivity index (χ1) is 14.3. The van der Waals surface area contributed by atoms with E-state index in [-0.39, 0.29) is 5.92 Å². The van der Waals surface area contributed by atoms with Gasteiger partial charge in [0.15, 0.2) is 0 Å². The summed E-state index contributed by atoms with van der Waals surface area (Å²) in [5.41, 5.74) is 4.61. The molecule has 2 atom stereocenters. The van der Waals surface area contributed by atoms with Crippen molar-refractivity contribution in [2.45, 2.75) is 12.0 Å². The Morgan fingerprint density at radius 2 is 1.59 bits per heavy atom. The van der Waals surface area contributed by atoms with Gasteiger partial charge in [-0.2, -0.15) is 0 Å². The van der Waals surface area contributed by atoms with Gasteiger partial charge in [0.1, 0.15) is 18.4 Å². The topological polar surface area (TPSA) is 61.9 Å². The number of ether oxygens (including phenoxy) is 1. The lowest BCUT2D eigenvalue weighted by atomic mass is 9.90. The first kappa shape index (κ1) is 19.2. The maximum atomic E-state index is 10.5. The van der Waals surface area contributed by atoms with E-state index < -0.39 is 6.10 Å². The molecule has 3 aromatic carbocycles. The van der Waals surface area contributed by atoms with Crippen LogP contribution in [-0.4, -0.2) is 30.3 Å². The van der Waals surface area contributed by atoms with E-state index in [0.717, 1.165) is 23.4 Å². The van der Waals surface area contributed by atoms with Gasteiger partial charge in [0.2, 0.25) is 0 Å². The average Bonchev–Trinajstić information content (AvgIpc) is 3.21. The Morgan fingerprint density at radius 3 is 2.34 bits per heavy atom. The molecule has 0 aliphatic rings. The van der Waals surface area contributed by atoms with Crippen molar-refractivity contribution in [3.63, 3.8) is 0 Å². The summed E-state index contributed by atoms with van der Waals surface area (Å²) in [7, 11) is 1.69. The molecule has 0 saturated heterocycles. The number of aromatic amines is 1. The van der Waals surface area contributed by atoms with Crippen molar-refractivity contribution < 1.29 is 15.2 Å². The highest BCUT2D eigenvalue weighted by molar-refractivity contribution is 5.84. The number of H-pyrrole nitrogens is 1. The molecule has 4 aromatic rings. The molecule has 0 spiro atoms. The van der Waals surface area contributed by atoms with Gasteiger partial charge in [-0.1, -0.05) is 60.7 Å². The molecule has 0 amide bonds. The van der Waals surface area contributed by atoms with E-state index in [9.17, 15) is 5.11 Å². The molecular formula is C25H27N2O2+. The van der Waals surface area contributed by atoms with Gasteiger partial charge in [0.05, 0.1) is 19.6 Å². The molecule has 1 heterocycles. The fourth-order valence-electron chi connectivity index (χ4n) is 3.89. The summed E-state index contributed by atoms with van der Waals surface area (Å²) in [6, 6.07) is 26.5. The van der Waals surface area contributed by atoms with Crippen molar-refractivity contribution in [1.29, 1.82) is 0 Å². The van der Waals surface area contributed by atoms with Crippen LogP contribution in [0.2, 0.25) is 0 Å². The summed E-state index contributed by atoms with van der Waals surface area (Å²) in [4.78, 5) is 3.40. The molecule has 4 N–H and O–H groups in total. The standard InChI is InChI=1S/C25H26N2O2/c1-29-20-13-11-18(12-14-20)22(23-16-27-24-10-6-5-9-21(23)24)15-26-17-25(28)19-7-3-2-4-8-19/h2-14,16,22,25-28H,15,17H2,1H3/p+1/t22-,25+/m1/s1. The Morgan fingerprint density at radius 1 is 0.862 bits per heavy atom. The molecule has 1 aromatic heterocycles. The van der Waals surface area contributed by atoms with Gasteiger partial charge in [-0.15, -0.1) is 0 Å². The minimum absolute atomic E-state index is 0.208. The number of benzene rings is 3. The molecule has 29 heavy (non-hydrogen) atoms. The minimum atomic E-state index is -0.476. The van der Waals surface area contributed by atoms with Crippen LogP contribution in [0.25, 0.3) is 10.9 Å². The Labute approximate surface area is 171 Å². The summed E-state index contributed by atoms with van der Waals surface area (Å²) >= 11 is 0. The number of aliphatic hydroxyl groups excluding tert-OH is 1. The SMILES string of the molecule is COc1ccc([C@@H](C[NH2+]C[C@H](O)c2ccccc2)c2c[nH]c3ccccc23)cc1. The Balaban J connectivity index is 1.56. The van der Waals surface area contributed by atoms with Gasteiger partial charge in [0, 0.05) is 17.1 Å². The monoisotopic (exact) mass is 387 g/mol. The molecule has 0 radical (unpaired) electrons. The van der Waals surface area contributed by atoms with E-state index in [4.69, 9.17) is 4.74 Å². The molecule has 0 bridgehead atoms. The van der Waals surface area contributed by atoms with Crippen molar-refractivity contribution in [2.24, 2.45) is 0 Å². The number of quaternary nitrogens is 1. The lowest BCUT2D eigenvalue weighted by molar-refractivity contribution is -0.663. The molecule has 0 fully saturated rings. The van der Waals surface area contributed by atoms with Crippen LogP contribution in [0.5, 0.6) is 5.75 Å². The number of hydrogen-bond donors (Lipinski definition) is 3. The number of fused-ring (bicyclic) bond motifs is 1. The molecule has 148 valence electrons. The molecule has 4 rings (SSSR count).